The number of rotatable bonds is 6. The molecule has 3 N–H and O–H groups in total. The molecule has 5 nitrogen and oxygen atoms in total. The first-order valence-corrected chi connectivity index (χ1v) is 7.36. The van der Waals surface area contributed by atoms with E-state index in [2.05, 4.69) is 17.6 Å². The molecule has 0 aromatic carbocycles. The van der Waals surface area contributed by atoms with Crippen LogP contribution in [0.15, 0.2) is 0 Å². The summed E-state index contributed by atoms with van der Waals surface area (Å²) in [4.78, 5) is 22.7. The number of urea groups is 1. The number of hydrogen-bond donors (Lipinski definition) is 3. The fourth-order valence-electron chi connectivity index (χ4n) is 2.65. The average molecular weight is 270 g/mol. The van der Waals surface area contributed by atoms with Crippen LogP contribution in [0, 0.1) is 5.92 Å². The highest BCUT2D eigenvalue weighted by atomic mass is 16.4. The maximum absolute atomic E-state index is 11.8. The molecule has 110 valence electrons. The van der Waals surface area contributed by atoms with Crippen LogP contribution in [0.3, 0.4) is 0 Å². The second kappa shape index (κ2) is 8.02. The summed E-state index contributed by atoms with van der Waals surface area (Å²) < 4.78 is 0. The topological polar surface area (TPSA) is 78.4 Å². The van der Waals surface area contributed by atoms with E-state index in [9.17, 15) is 9.59 Å². The summed E-state index contributed by atoms with van der Waals surface area (Å²) in [6, 6.07) is -0.934. The molecule has 1 fully saturated rings. The molecule has 0 bridgehead atoms. The highest BCUT2D eigenvalue weighted by Gasteiger charge is 2.23. The van der Waals surface area contributed by atoms with Crippen LogP contribution in [-0.4, -0.2) is 29.2 Å². The molecule has 2 amide bonds. The SMILES string of the molecule is CCCC(NC(=O)NC1CCC(CC)CC1)C(=O)O. The van der Waals surface area contributed by atoms with Crippen LogP contribution in [0.25, 0.3) is 0 Å². The van der Waals surface area contributed by atoms with Gasteiger partial charge in [0.15, 0.2) is 0 Å². The largest absolute Gasteiger partial charge is 0.480 e. The van der Waals surface area contributed by atoms with E-state index < -0.39 is 12.0 Å². The quantitative estimate of drug-likeness (QED) is 0.694. The van der Waals surface area contributed by atoms with E-state index in [1.165, 1.54) is 6.42 Å². The minimum absolute atomic E-state index is 0.193. The molecule has 0 aromatic rings. The summed E-state index contributed by atoms with van der Waals surface area (Å²) in [6.45, 7) is 4.11. The first-order chi connectivity index (χ1) is 9.06. The monoisotopic (exact) mass is 270 g/mol. The number of carbonyl (C=O) groups is 2. The molecule has 0 radical (unpaired) electrons. The van der Waals surface area contributed by atoms with Gasteiger partial charge in [0.1, 0.15) is 6.04 Å². The minimum atomic E-state index is -0.966. The Hall–Kier alpha value is -1.26. The predicted octanol–water partition coefficient (Wildman–Crippen LogP) is 2.51. The summed E-state index contributed by atoms with van der Waals surface area (Å²) in [5.74, 6) is -0.181. The van der Waals surface area contributed by atoms with Crippen molar-refractivity contribution in [2.24, 2.45) is 5.92 Å². The van der Waals surface area contributed by atoms with Gasteiger partial charge in [-0.25, -0.2) is 9.59 Å². The minimum Gasteiger partial charge on any atom is -0.480 e. The molecule has 0 heterocycles. The van der Waals surface area contributed by atoms with Crippen molar-refractivity contribution in [3.8, 4) is 0 Å². The van der Waals surface area contributed by atoms with Gasteiger partial charge in [0, 0.05) is 6.04 Å². The predicted molar refractivity (Wildman–Crippen MR) is 74.0 cm³/mol. The van der Waals surface area contributed by atoms with Gasteiger partial charge in [-0.3, -0.25) is 0 Å². The zero-order valence-corrected chi connectivity index (χ0v) is 11.9. The number of hydrogen-bond acceptors (Lipinski definition) is 2. The number of carbonyl (C=O) groups excluding carboxylic acids is 1. The molecule has 1 rings (SSSR count). The lowest BCUT2D eigenvalue weighted by molar-refractivity contribution is -0.139. The van der Waals surface area contributed by atoms with Crippen LogP contribution in [-0.2, 0) is 4.79 Å². The van der Waals surface area contributed by atoms with Gasteiger partial charge >= 0.3 is 12.0 Å². The molecule has 0 saturated heterocycles. The van der Waals surface area contributed by atoms with Crippen LogP contribution in [0.4, 0.5) is 4.79 Å². The second-order valence-electron chi connectivity index (χ2n) is 5.42. The molecule has 0 aromatic heterocycles. The molecule has 1 saturated carbocycles. The Balaban J connectivity index is 2.32. The summed E-state index contributed by atoms with van der Waals surface area (Å²) in [5.41, 5.74) is 0. The Morgan fingerprint density at radius 1 is 1.21 bits per heavy atom. The maximum Gasteiger partial charge on any atom is 0.326 e. The fraction of sp³-hybridized carbons (Fsp3) is 0.857. The van der Waals surface area contributed by atoms with Crippen LogP contribution in [0.1, 0.15) is 58.8 Å². The van der Waals surface area contributed by atoms with Crippen molar-refractivity contribution in [3.05, 3.63) is 0 Å². The van der Waals surface area contributed by atoms with Gasteiger partial charge < -0.3 is 15.7 Å². The van der Waals surface area contributed by atoms with E-state index in [1.54, 1.807) is 0 Å². The van der Waals surface area contributed by atoms with Crippen molar-refractivity contribution in [1.29, 1.82) is 0 Å². The third-order valence-corrected chi connectivity index (χ3v) is 3.94. The van der Waals surface area contributed by atoms with Crippen molar-refractivity contribution < 1.29 is 14.7 Å². The van der Waals surface area contributed by atoms with Crippen LogP contribution < -0.4 is 10.6 Å². The van der Waals surface area contributed by atoms with E-state index >= 15 is 0 Å². The van der Waals surface area contributed by atoms with Crippen LogP contribution >= 0.6 is 0 Å². The summed E-state index contributed by atoms with van der Waals surface area (Å²) in [5, 5.41) is 14.4. The van der Waals surface area contributed by atoms with E-state index in [0.29, 0.717) is 6.42 Å². The highest BCUT2D eigenvalue weighted by molar-refractivity contribution is 5.82. The molecule has 1 aliphatic rings. The molecule has 19 heavy (non-hydrogen) atoms. The molecular formula is C14H26N2O3. The first-order valence-electron chi connectivity index (χ1n) is 7.36. The molecule has 5 heteroatoms. The van der Waals surface area contributed by atoms with Gasteiger partial charge in [0.25, 0.3) is 0 Å². The standard InChI is InChI=1S/C14H26N2O3/c1-3-5-12(13(17)18)16-14(19)15-11-8-6-10(4-2)7-9-11/h10-12H,3-9H2,1-2H3,(H,17,18)(H2,15,16,19). The smallest absolute Gasteiger partial charge is 0.326 e. The molecule has 1 unspecified atom stereocenters. The summed E-state index contributed by atoms with van der Waals surface area (Å²) in [7, 11) is 0. The van der Waals surface area contributed by atoms with Crippen molar-refractivity contribution in [2.45, 2.75) is 70.9 Å². The maximum atomic E-state index is 11.8. The second-order valence-corrected chi connectivity index (χ2v) is 5.42. The lowest BCUT2D eigenvalue weighted by atomic mass is 9.85. The van der Waals surface area contributed by atoms with Crippen molar-refractivity contribution >= 4 is 12.0 Å². The Bertz CT molecular complexity index is 299. The van der Waals surface area contributed by atoms with Crippen LogP contribution in [0.2, 0.25) is 0 Å². The normalized spacial score (nSPS) is 24.5. The van der Waals surface area contributed by atoms with Crippen molar-refractivity contribution in [3.63, 3.8) is 0 Å². The van der Waals surface area contributed by atoms with Gasteiger partial charge in [-0.2, -0.15) is 0 Å². The first kappa shape index (κ1) is 15.8. The number of aliphatic carboxylic acids is 1. The fourth-order valence-corrected chi connectivity index (χ4v) is 2.65. The zero-order valence-electron chi connectivity index (χ0n) is 11.9. The van der Waals surface area contributed by atoms with Crippen molar-refractivity contribution in [2.75, 3.05) is 0 Å². The summed E-state index contributed by atoms with van der Waals surface area (Å²) >= 11 is 0. The van der Waals surface area contributed by atoms with Gasteiger partial charge in [-0.05, 0) is 38.0 Å². The van der Waals surface area contributed by atoms with Gasteiger partial charge in [-0.15, -0.1) is 0 Å². The third kappa shape index (κ3) is 5.49. The van der Waals surface area contributed by atoms with E-state index in [0.717, 1.165) is 38.0 Å². The van der Waals surface area contributed by atoms with Gasteiger partial charge in [0.2, 0.25) is 0 Å². The lowest BCUT2D eigenvalue weighted by Gasteiger charge is -2.28. The Morgan fingerprint density at radius 2 is 1.84 bits per heavy atom. The van der Waals surface area contributed by atoms with Crippen LogP contribution in [0.5, 0.6) is 0 Å². The number of carboxylic acid groups (broad SMARTS) is 1. The van der Waals surface area contributed by atoms with Gasteiger partial charge in [-0.1, -0.05) is 26.7 Å². The number of amides is 2. The molecule has 0 aliphatic heterocycles. The van der Waals surface area contributed by atoms with E-state index in [-0.39, 0.29) is 12.1 Å². The summed E-state index contributed by atoms with van der Waals surface area (Å²) in [6.07, 6.45) is 6.70. The lowest BCUT2D eigenvalue weighted by Crippen LogP contribution is -2.49. The molecule has 1 atom stereocenters. The average Bonchev–Trinajstić information content (AvgIpc) is 2.39. The molecular weight excluding hydrogens is 244 g/mol. The Kier molecular flexibility index (Phi) is 6.67. The highest BCUT2D eigenvalue weighted by Crippen LogP contribution is 2.26. The molecule has 0 spiro atoms. The number of nitrogens with one attached hydrogen (secondary N) is 2. The van der Waals surface area contributed by atoms with Crippen molar-refractivity contribution in [1.82, 2.24) is 10.6 Å². The zero-order chi connectivity index (χ0) is 14.3. The Morgan fingerprint density at radius 3 is 2.32 bits per heavy atom. The van der Waals surface area contributed by atoms with E-state index in [1.807, 2.05) is 6.92 Å². The van der Waals surface area contributed by atoms with E-state index in [4.69, 9.17) is 5.11 Å². The number of carboxylic acids is 1. The Labute approximate surface area is 115 Å². The van der Waals surface area contributed by atoms with Gasteiger partial charge in [0.05, 0.1) is 0 Å². The molecule has 1 aliphatic carbocycles. The third-order valence-electron chi connectivity index (χ3n) is 3.94.